The minimum atomic E-state index is -4.74. The molecule has 1 saturated heterocycles. The summed E-state index contributed by atoms with van der Waals surface area (Å²) in [5, 5.41) is 12.9. The Morgan fingerprint density at radius 2 is 2.06 bits per heavy atom. The van der Waals surface area contributed by atoms with E-state index in [-0.39, 0.29) is 5.75 Å². The van der Waals surface area contributed by atoms with Crippen molar-refractivity contribution in [3.8, 4) is 5.75 Å². The van der Waals surface area contributed by atoms with Gasteiger partial charge in [0, 0.05) is 13.1 Å². The van der Waals surface area contributed by atoms with Gasteiger partial charge in [-0.2, -0.15) is 0 Å². The van der Waals surface area contributed by atoms with Gasteiger partial charge < -0.3 is 20.9 Å². The molecular weight excluding hydrogens is 249 g/mol. The van der Waals surface area contributed by atoms with E-state index in [1.807, 2.05) is 0 Å². The molecule has 4 N–H and O–H groups in total. The van der Waals surface area contributed by atoms with Crippen LogP contribution in [0.4, 0.5) is 13.2 Å². The summed E-state index contributed by atoms with van der Waals surface area (Å²) >= 11 is 0. The highest BCUT2D eigenvalue weighted by Gasteiger charge is 2.41. The maximum Gasteiger partial charge on any atom is 0.573 e. The first-order valence-electron chi connectivity index (χ1n) is 5.35. The topological polar surface area (TPSA) is 67.5 Å². The number of aliphatic hydroxyl groups is 1. The Hall–Kier alpha value is -1.31. The maximum atomic E-state index is 12.1. The molecule has 2 rings (SSSR count). The lowest BCUT2D eigenvalue weighted by Crippen LogP contribution is -2.64. The van der Waals surface area contributed by atoms with Gasteiger partial charge in [-0.05, 0) is 17.7 Å². The van der Waals surface area contributed by atoms with E-state index in [9.17, 15) is 18.3 Å². The standard InChI is InChI=1S/C11H13F3N2O2/c12-11(13,14)18-8-3-1-2-7(4-8)9(15)10(17)5-16-6-10/h1-4,9,16-17H,5-6,15H2. The zero-order valence-electron chi connectivity index (χ0n) is 9.37. The molecule has 0 aliphatic carbocycles. The fourth-order valence-electron chi connectivity index (χ4n) is 1.82. The second-order valence-corrected chi connectivity index (χ2v) is 4.31. The Labute approximate surface area is 102 Å². The molecule has 1 heterocycles. The quantitative estimate of drug-likeness (QED) is 0.757. The van der Waals surface area contributed by atoms with Gasteiger partial charge in [0.15, 0.2) is 0 Å². The SMILES string of the molecule is NC(c1cccc(OC(F)(F)F)c1)C1(O)CNC1. The van der Waals surface area contributed by atoms with Crippen molar-refractivity contribution in [2.24, 2.45) is 5.73 Å². The molecule has 0 aromatic heterocycles. The highest BCUT2D eigenvalue weighted by molar-refractivity contribution is 5.32. The monoisotopic (exact) mass is 262 g/mol. The van der Waals surface area contributed by atoms with Crippen LogP contribution in [-0.2, 0) is 0 Å². The van der Waals surface area contributed by atoms with Gasteiger partial charge in [-0.3, -0.25) is 0 Å². The molecule has 0 amide bonds. The number of rotatable bonds is 3. The van der Waals surface area contributed by atoms with Gasteiger partial charge in [-0.25, -0.2) is 0 Å². The fraction of sp³-hybridized carbons (Fsp3) is 0.455. The van der Waals surface area contributed by atoms with Gasteiger partial charge in [0.1, 0.15) is 11.4 Å². The number of benzene rings is 1. The Balaban J connectivity index is 2.16. The Morgan fingerprint density at radius 1 is 1.39 bits per heavy atom. The molecule has 7 heteroatoms. The van der Waals surface area contributed by atoms with Gasteiger partial charge in [0.2, 0.25) is 0 Å². The van der Waals surface area contributed by atoms with E-state index in [0.29, 0.717) is 18.7 Å². The molecular formula is C11H13F3N2O2. The number of nitrogens with two attached hydrogens (primary N) is 1. The van der Waals surface area contributed by atoms with Crippen LogP contribution < -0.4 is 15.8 Å². The van der Waals surface area contributed by atoms with Crippen molar-refractivity contribution in [1.29, 1.82) is 0 Å². The van der Waals surface area contributed by atoms with E-state index in [0.717, 1.165) is 0 Å². The first-order valence-corrected chi connectivity index (χ1v) is 5.35. The molecule has 4 nitrogen and oxygen atoms in total. The first kappa shape index (κ1) is 13.1. The highest BCUT2D eigenvalue weighted by atomic mass is 19.4. The van der Waals surface area contributed by atoms with E-state index < -0.39 is 18.0 Å². The largest absolute Gasteiger partial charge is 0.573 e. The molecule has 18 heavy (non-hydrogen) atoms. The first-order chi connectivity index (χ1) is 8.30. The zero-order valence-corrected chi connectivity index (χ0v) is 9.37. The van der Waals surface area contributed by atoms with Gasteiger partial charge in [0.05, 0.1) is 6.04 Å². The van der Waals surface area contributed by atoms with Crippen molar-refractivity contribution < 1.29 is 23.0 Å². The highest BCUT2D eigenvalue weighted by Crippen LogP contribution is 2.30. The molecule has 1 fully saturated rings. The van der Waals surface area contributed by atoms with Crippen molar-refractivity contribution in [3.63, 3.8) is 0 Å². The van der Waals surface area contributed by atoms with Crippen LogP contribution in [0, 0.1) is 0 Å². The summed E-state index contributed by atoms with van der Waals surface area (Å²) in [5.74, 6) is -0.341. The third-order valence-corrected chi connectivity index (χ3v) is 2.89. The molecule has 1 aromatic carbocycles. The minimum absolute atomic E-state index is 0.318. The molecule has 0 saturated carbocycles. The van der Waals surface area contributed by atoms with Crippen molar-refractivity contribution in [2.45, 2.75) is 18.0 Å². The average Bonchev–Trinajstić information content (AvgIpc) is 2.23. The van der Waals surface area contributed by atoms with E-state index in [1.165, 1.54) is 18.2 Å². The molecule has 1 unspecified atom stereocenters. The maximum absolute atomic E-state index is 12.1. The molecule has 0 radical (unpaired) electrons. The van der Waals surface area contributed by atoms with Crippen LogP contribution in [-0.4, -0.2) is 30.2 Å². The van der Waals surface area contributed by atoms with Crippen LogP contribution in [0.3, 0.4) is 0 Å². The van der Waals surface area contributed by atoms with E-state index in [4.69, 9.17) is 5.73 Å². The summed E-state index contributed by atoms with van der Waals surface area (Å²) < 4.78 is 40.0. The van der Waals surface area contributed by atoms with Gasteiger partial charge in [-0.1, -0.05) is 12.1 Å². The smallest absolute Gasteiger partial charge is 0.406 e. The third kappa shape index (κ3) is 2.74. The summed E-state index contributed by atoms with van der Waals surface area (Å²) in [6.07, 6.45) is -4.74. The molecule has 100 valence electrons. The third-order valence-electron chi connectivity index (χ3n) is 2.89. The molecule has 0 bridgehead atoms. The number of alkyl halides is 3. The average molecular weight is 262 g/mol. The van der Waals surface area contributed by atoms with Crippen molar-refractivity contribution >= 4 is 0 Å². The lowest BCUT2D eigenvalue weighted by atomic mass is 9.84. The predicted octanol–water partition coefficient (Wildman–Crippen LogP) is 0.919. The van der Waals surface area contributed by atoms with Crippen LogP contribution in [0.25, 0.3) is 0 Å². The van der Waals surface area contributed by atoms with Gasteiger partial charge in [0.25, 0.3) is 0 Å². The Morgan fingerprint density at radius 3 is 2.56 bits per heavy atom. The number of hydrogen-bond acceptors (Lipinski definition) is 4. The lowest BCUT2D eigenvalue weighted by Gasteiger charge is -2.42. The summed E-state index contributed by atoms with van der Waals surface area (Å²) in [7, 11) is 0. The number of β-amino-alcohol motifs (C(OH)–C–C–N with tert-alkyl or cyclic N) is 1. The van der Waals surface area contributed by atoms with Gasteiger partial charge in [-0.15, -0.1) is 13.2 Å². The van der Waals surface area contributed by atoms with Crippen molar-refractivity contribution in [2.75, 3.05) is 13.1 Å². The molecule has 1 aliphatic rings. The van der Waals surface area contributed by atoms with E-state index in [2.05, 4.69) is 10.1 Å². The van der Waals surface area contributed by atoms with Crippen LogP contribution in [0.15, 0.2) is 24.3 Å². The van der Waals surface area contributed by atoms with E-state index >= 15 is 0 Å². The summed E-state index contributed by atoms with van der Waals surface area (Å²) in [5.41, 5.74) is 5.13. The van der Waals surface area contributed by atoms with Crippen LogP contribution in [0.2, 0.25) is 0 Å². The van der Waals surface area contributed by atoms with Crippen LogP contribution in [0.1, 0.15) is 11.6 Å². The zero-order chi connectivity index (χ0) is 13.4. The fourth-order valence-corrected chi connectivity index (χ4v) is 1.82. The van der Waals surface area contributed by atoms with Crippen LogP contribution in [0.5, 0.6) is 5.75 Å². The second-order valence-electron chi connectivity index (χ2n) is 4.31. The van der Waals surface area contributed by atoms with E-state index in [1.54, 1.807) is 6.07 Å². The molecule has 1 atom stereocenters. The van der Waals surface area contributed by atoms with Crippen molar-refractivity contribution in [1.82, 2.24) is 5.32 Å². The van der Waals surface area contributed by atoms with Gasteiger partial charge >= 0.3 is 6.36 Å². The molecule has 0 spiro atoms. The number of ether oxygens (including phenoxy) is 1. The lowest BCUT2D eigenvalue weighted by molar-refractivity contribution is -0.274. The predicted molar refractivity (Wildman–Crippen MR) is 57.9 cm³/mol. The normalized spacial score (nSPS) is 20.1. The number of nitrogens with one attached hydrogen (secondary N) is 1. The summed E-state index contributed by atoms with van der Waals surface area (Å²) in [6, 6.07) is 4.59. The molecule has 1 aliphatic heterocycles. The summed E-state index contributed by atoms with van der Waals surface area (Å²) in [6.45, 7) is 0.636. The number of hydrogen-bond donors (Lipinski definition) is 3. The Bertz CT molecular complexity index is 433. The minimum Gasteiger partial charge on any atom is -0.406 e. The second kappa shape index (κ2) is 4.42. The summed E-state index contributed by atoms with van der Waals surface area (Å²) in [4.78, 5) is 0. The Kier molecular flexibility index (Phi) is 3.22. The van der Waals surface area contributed by atoms with Crippen LogP contribution >= 0.6 is 0 Å². The molecule has 1 aromatic rings. The number of halogens is 3. The van der Waals surface area contributed by atoms with Crippen molar-refractivity contribution in [3.05, 3.63) is 29.8 Å².